The highest BCUT2D eigenvalue weighted by Gasteiger charge is 2.32. The number of carbonyl (C=O) groups excluding carboxylic acids is 2. The van der Waals surface area contributed by atoms with E-state index in [4.69, 9.17) is 23.2 Å². The SMILES string of the molecule is CCC(C)NC(=O)C(CC)N(Cc1ccc(Cl)cc1Cl)C(=O)CN(c1ccccc1)S(C)(=O)=O. The molecule has 0 heterocycles. The lowest BCUT2D eigenvalue weighted by atomic mass is 10.1. The molecular formula is C24H31Cl2N3O4S. The number of sulfonamides is 1. The third kappa shape index (κ3) is 7.61. The summed E-state index contributed by atoms with van der Waals surface area (Å²) < 4.78 is 26.1. The molecule has 1 N–H and O–H groups in total. The van der Waals surface area contributed by atoms with Gasteiger partial charge in [-0.2, -0.15) is 0 Å². The van der Waals surface area contributed by atoms with Gasteiger partial charge in [-0.3, -0.25) is 13.9 Å². The number of halogens is 2. The van der Waals surface area contributed by atoms with Crippen molar-refractivity contribution in [2.45, 2.75) is 52.2 Å². The number of hydrogen-bond donors (Lipinski definition) is 1. The highest BCUT2D eigenvalue weighted by Crippen LogP contribution is 2.25. The zero-order valence-electron chi connectivity index (χ0n) is 19.8. The number of benzene rings is 2. The van der Waals surface area contributed by atoms with Crippen LogP contribution in [0.5, 0.6) is 0 Å². The van der Waals surface area contributed by atoms with E-state index in [2.05, 4.69) is 5.32 Å². The van der Waals surface area contributed by atoms with Gasteiger partial charge in [-0.05, 0) is 49.6 Å². The predicted molar refractivity (Wildman–Crippen MR) is 138 cm³/mol. The summed E-state index contributed by atoms with van der Waals surface area (Å²) in [6.45, 7) is 5.20. The summed E-state index contributed by atoms with van der Waals surface area (Å²) >= 11 is 12.4. The Bertz CT molecular complexity index is 1100. The number of para-hydroxylation sites is 1. The summed E-state index contributed by atoms with van der Waals surface area (Å²) in [5.74, 6) is -0.827. The standard InChI is InChI=1S/C24H31Cl2N3O4S/c1-5-17(3)27-24(31)22(6-2)28(15-18-12-13-19(25)14-21(18)26)23(30)16-29(34(4,32)33)20-10-8-7-9-11-20/h7-14,17,22H,5-6,15-16H2,1-4H3,(H,27,31). The molecule has 0 aliphatic rings. The highest BCUT2D eigenvalue weighted by molar-refractivity contribution is 7.92. The fourth-order valence-corrected chi connectivity index (χ4v) is 4.72. The van der Waals surface area contributed by atoms with Crippen LogP contribution in [0.25, 0.3) is 0 Å². The summed E-state index contributed by atoms with van der Waals surface area (Å²) in [5, 5.41) is 3.72. The molecule has 0 aliphatic heterocycles. The van der Waals surface area contributed by atoms with Gasteiger partial charge in [0.1, 0.15) is 12.6 Å². The van der Waals surface area contributed by atoms with Crippen molar-refractivity contribution in [1.82, 2.24) is 10.2 Å². The Morgan fingerprint density at radius 1 is 1.03 bits per heavy atom. The third-order valence-corrected chi connectivity index (χ3v) is 7.19. The molecule has 2 amide bonds. The van der Waals surface area contributed by atoms with Crippen LogP contribution in [0.4, 0.5) is 5.69 Å². The Balaban J connectivity index is 2.45. The lowest BCUT2D eigenvalue weighted by molar-refractivity contribution is -0.140. The molecule has 0 radical (unpaired) electrons. The van der Waals surface area contributed by atoms with Gasteiger partial charge in [-0.15, -0.1) is 0 Å². The van der Waals surface area contributed by atoms with Crippen LogP contribution in [-0.4, -0.2) is 50.0 Å². The summed E-state index contributed by atoms with van der Waals surface area (Å²) in [4.78, 5) is 28.1. The third-order valence-electron chi connectivity index (χ3n) is 5.47. The van der Waals surface area contributed by atoms with Crippen LogP contribution < -0.4 is 9.62 Å². The van der Waals surface area contributed by atoms with Gasteiger partial charge < -0.3 is 10.2 Å². The van der Waals surface area contributed by atoms with Crippen LogP contribution in [0.1, 0.15) is 39.2 Å². The van der Waals surface area contributed by atoms with Gasteiger partial charge in [-0.25, -0.2) is 8.42 Å². The van der Waals surface area contributed by atoms with E-state index in [9.17, 15) is 18.0 Å². The van der Waals surface area contributed by atoms with Gasteiger partial charge in [-0.1, -0.05) is 61.3 Å². The Morgan fingerprint density at radius 2 is 1.68 bits per heavy atom. The van der Waals surface area contributed by atoms with Crippen LogP contribution in [0.2, 0.25) is 10.0 Å². The average molecular weight is 529 g/mol. The van der Waals surface area contributed by atoms with E-state index in [-0.39, 0.29) is 18.5 Å². The van der Waals surface area contributed by atoms with E-state index in [1.165, 1.54) is 4.90 Å². The van der Waals surface area contributed by atoms with E-state index in [0.29, 0.717) is 27.7 Å². The molecule has 34 heavy (non-hydrogen) atoms. The first-order valence-corrected chi connectivity index (χ1v) is 13.6. The maximum Gasteiger partial charge on any atom is 0.244 e. The lowest BCUT2D eigenvalue weighted by Crippen LogP contribution is -2.53. The van der Waals surface area contributed by atoms with Crippen molar-refractivity contribution in [2.24, 2.45) is 0 Å². The minimum atomic E-state index is -3.77. The first-order valence-electron chi connectivity index (χ1n) is 11.0. The molecule has 0 saturated heterocycles. The fourth-order valence-electron chi connectivity index (χ4n) is 3.40. The Kier molecular flexibility index (Phi) is 10.2. The quantitative estimate of drug-likeness (QED) is 0.466. The summed E-state index contributed by atoms with van der Waals surface area (Å²) in [7, 11) is -3.77. The predicted octanol–water partition coefficient (Wildman–Crippen LogP) is 4.48. The molecule has 10 heteroatoms. The lowest BCUT2D eigenvalue weighted by Gasteiger charge is -2.33. The van der Waals surface area contributed by atoms with Crippen LogP contribution in [-0.2, 0) is 26.2 Å². The van der Waals surface area contributed by atoms with E-state index in [1.807, 2.05) is 13.8 Å². The van der Waals surface area contributed by atoms with Gasteiger partial charge in [0.15, 0.2) is 0 Å². The van der Waals surface area contributed by atoms with Crippen molar-refractivity contribution in [3.63, 3.8) is 0 Å². The number of nitrogens with one attached hydrogen (secondary N) is 1. The van der Waals surface area contributed by atoms with Crippen molar-refractivity contribution in [3.8, 4) is 0 Å². The molecule has 7 nitrogen and oxygen atoms in total. The minimum Gasteiger partial charge on any atom is -0.352 e. The van der Waals surface area contributed by atoms with Crippen LogP contribution in [0.3, 0.4) is 0 Å². The molecule has 0 aliphatic carbocycles. The van der Waals surface area contributed by atoms with Gasteiger partial charge in [0.05, 0.1) is 11.9 Å². The molecule has 2 rings (SSSR count). The Hall–Kier alpha value is -2.29. The van der Waals surface area contributed by atoms with Gasteiger partial charge in [0.25, 0.3) is 0 Å². The van der Waals surface area contributed by atoms with E-state index < -0.39 is 28.5 Å². The second-order valence-corrected chi connectivity index (χ2v) is 10.9. The summed E-state index contributed by atoms with van der Waals surface area (Å²) in [5.41, 5.74) is 0.958. The Labute approximate surface area is 212 Å². The maximum atomic E-state index is 13.6. The number of amides is 2. The first kappa shape index (κ1) is 28.0. The number of nitrogens with zero attached hydrogens (tertiary/aromatic N) is 2. The topological polar surface area (TPSA) is 86.8 Å². The van der Waals surface area contributed by atoms with Gasteiger partial charge in [0.2, 0.25) is 21.8 Å². The largest absolute Gasteiger partial charge is 0.352 e. The van der Waals surface area contributed by atoms with Gasteiger partial charge >= 0.3 is 0 Å². The fraction of sp³-hybridized carbons (Fsp3) is 0.417. The highest BCUT2D eigenvalue weighted by atomic mass is 35.5. The smallest absolute Gasteiger partial charge is 0.244 e. The van der Waals surface area contributed by atoms with E-state index in [1.54, 1.807) is 55.5 Å². The second-order valence-electron chi connectivity index (χ2n) is 8.10. The van der Waals surface area contributed by atoms with Crippen molar-refractivity contribution in [3.05, 3.63) is 64.1 Å². The molecule has 0 spiro atoms. The summed E-state index contributed by atoms with van der Waals surface area (Å²) in [6.07, 6.45) is 2.11. The molecule has 2 aromatic carbocycles. The number of carbonyl (C=O) groups is 2. The molecule has 186 valence electrons. The molecular weight excluding hydrogens is 497 g/mol. The zero-order valence-corrected chi connectivity index (χ0v) is 22.1. The maximum absolute atomic E-state index is 13.6. The normalized spacial score (nSPS) is 13.1. The molecule has 0 saturated carbocycles. The molecule has 2 atom stereocenters. The van der Waals surface area contributed by atoms with Crippen molar-refractivity contribution in [2.75, 3.05) is 17.1 Å². The van der Waals surface area contributed by atoms with E-state index in [0.717, 1.165) is 17.0 Å². The van der Waals surface area contributed by atoms with Gasteiger partial charge in [0, 0.05) is 22.6 Å². The summed E-state index contributed by atoms with van der Waals surface area (Å²) in [6, 6.07) is 12.4. The van der Waals surface area contributed by atoms with Crippen molar-refractivity contribution in [1.29, 1.82) is 0 Å². The number of rotatable bonds is 11. The van der Waals surface area contributed by atoms with E-state index >= 15 is 0 Å². The molecule has 2 aromatic rings. The monoisotopic (exact) mass is 527 g/mol. The first-order chi connectivity index (χ1) is 16.0. The molecule has 0 bridgehead atoms. The van der Waals surface area contributed by atoms with Crippen molar-refractivity contribution >= 4 is 50.7 Å². The number of hydrogen-bond acceptors (Lipinski definition) is 4. The number of anilines is 1. The molecule has 0 fully saturated rings. The zero-order chi connectivity index (χ0) is 25.5. The molecule has 2 unspecified atom stereocenters. The van der Waals surface area contributed by atoms with Crippen LogP contribution in [0.15, 0.2) is 48.5 Å². The minimum absolute atomic E-state index is 0.0215. The second kappa shape index (κ2) is 12.4. The average Bonchev–Trinajstić information content (AvgIpc) is 2.78. The Morgan fingerprint density at radius 3 is 2.21 bits per heavy atom. The molecule has 0 aromatic heterocycles. The van der Waals surface area contributed by atoms with Crippen LogP contribution >= 0.6 is 23.2 Å². The van der Waals surface area contributed by atoms with Crippen molar-refractivity contribution < 1.29 is 18.0 Å². The van der Waals surface area contributed by atoms with Crippen LogP contribution in [0, 0.1) is 0 Å².